The molecule has 0 heterocycles. The lowest BCUT2D eigenvalue weighted by Gasteiger charge is -2.27. The second-order valence-corrected chi connectivity index (χ2v) is 6.68. The molecule has 1 saturated carbocycles. The van der Waals surface area contributed by atoms with E-state index in [2.05, 4.69) is 26.0 Å². The van der Waals surface area contributed by atoms with E-state index in [0.29, 0.717) is 6.10 Å². The molecule has 1 fully saturated rings. The molecule has 0 atom stereocenters. The molecule has 1 aliphatic rings. The van der Waals surface area contributed by atoms with Gasteiger partial charge in [0.15, 0.2) is 5.78 Å². The van der Waals surface area contributed by atoms with Crippen molar-refractivity contribution in [1.82, 2.24) is 0 Å². The van der Waals surface area contributed by atoms with Crippen LogP contribution in [0.15, 0.2) is 30.3 Å². The second kappa shape index (κ2) is 6.12. The minimum Gasteiger partial charge on any atom is -0.490 e. The molecule has 1 aliphatic carbocycles. The van der Waals surface area contributed by atoms with Crippen LogP contribution in [0.25, 0.3) is 10.8 Å². The predicted molar refractivity (Wildman–Crippen MR) is 90.7 cm³/mol. The van der Waals surface area contributed by atoms with Crippen molar-refractivity contribution in [2.24, 2.45) is 5.92 Å². The highest BCUT2D eigenvalue weighted by Gasteiger charge is 2.20. The van der Waals surface area contributed by atoms with Gasteiger partial charge in [-0.2, -0.15) is 0 Å². The molecule has 0 radical (unpaired) electrons. The largest absolute Gasteiger partial charge is 0.490 e. The zero-order valence-electron chi connectivity index (χ0n) is 13.7. The van der Waals surface area contributed by atoms with E-state index in [-0.39, 0.29) is 5.78 Å². The molecule has 0 unspecified atom stereocenters. The first-order valence-corrected chi connectivity index (χ1v) is 8.25. The number of carbonyl (C=O) groups is 1. The van der Waals surface area contributed by atoms with Crippen molar-refractivity contribution < 1.29 is 9.53 Å². The van der Waals surface area contributed by atoms with Gasteiger partial charge in [-0.3, -0.25) is 4.79 Å². The molecule has 3 rings (SSSR count). The van der Waals surface area contributed by atoms with Gasteiger partial charge in [0.05, 0.1) is 6.10 Å². The fraction of sp³-hybridized carbons (Fsp3) is 0.450. The molecule has 2 heteroatoms. The van der Waals surface area contributed by atoms with E-state index in [1.807, 2.05) is 18.2 Å². The van der Waals surface area contributed by atoms with Crippen LogP contribution in [0.1, 0.15) is 55.5 Å². The minimum absolute atomic E-state index is 0.108. The molecule has 2 aromatic rings. The Morgan fingerprint density at radius 1 is 1.09 bits per heavy atom. The Labute approximate surface area is 132 Å². The van der Waals surface area contributed by atoms with Crippen molar-refractivity contribution in [2.75, 3.05) is 0 Å². The smallest absolute Gasteiger partial charge is 0.159 e. The summed E-state index contributed by atoms with van der Waals surface area (Å²) in [6.45, 7) is 6.04. The van der Waals surface area contributed by atoms with Crippen LogP contribution in [0.3, 0.4) is 0 Å². The summed E-state index contributed by atoms with van der Waals surface area (Å²) >= 11 is 0. The Hall–Kier alpha value is -1.83. The number of benzene rings is 2. The summed E-state index contributed by atoms with van der Waals surface area (Å²) in [5, 5.41) is 2.28. The van der Waals surface area contributed by atoms with Gasteiger partial charge >= 0.3 is 0 Å². The van der Waals surface area contributed by atoms with Crippen LogP contribution in [0.4, 0.5) is 0 Å². The fourth-order valence-corrected chi connectivity index (χ4v) is 3.34. The summed E-state index contributed by atoms with van der Waals surface area (Å²) in [5.74, 6) is 1.93. The average molecular weight is 296 g/mol. The van der Waals surface area contributed by atoms with E-state index < -0.39 is 0 Å². The number of carbonyl (C=O) groups excluding carboxylic acids is 1. The maximum atomic E-state index is 11.5. The lowest BCUT2D eigenvalue weighted by Crippen LogP contribution is -2.23. The zero-order chi connectivity index (χ0) is 15.7. The second-order valence-electron chi connectivity index (χ2n) is 6.68. The highest BCUT2D eigenvalue weighted by atomic mass is 16.5. The predicted octanol–water partition coefficient (Wildman–Crippen LogP) is 5.31. The summed E-state index contributed by atoms with van der Waals surface area (Å²) in [4.78, 5) is 11.5. The third-order valence-electron chi connectivity index (χ3n) is 4.90. The molecule has 0 bridgehead atoms. The van der Waals surface area contributed by atoms with Gasteiger partial charge in [-0.05, 0) is 73.9 Å². The van der Waals surface area contributed by atoms with Gasteiger partial charge in [-0.25, -0.2) is 0 Å². The highest BCUT2D eigenvalue weighted by molar-refractivity contribution is 5.99. The Kier molecular flexibility index (Phi) is 4.19. The molecule has 0 saturated heterocycles. The molecular weight excluding hydrogens is 272 g/mol. The van der Waals surface area contributed by atoms with Crippen LogP contribution in [0.5, 0.6) is 5.75 Å². The van der Waals surface area contributed by atoms with Gasteiger partial charge in [0.1, 0.15) is 5.75 Å². The van der Waals surface area contributed by atoms with Crippen LogP contribution in [0.2, 0.25) is 0 Å². The highest BCUT2D eigenvalue weighted by Crippen LogP contribution is 2.32. The van der Waals surface area contributed by atoms with Gasteiger partial charge in [0.25, 0.3) is 0 Å². The molecule has 2 nitrogen and oxygen atoms in total. The number of ether oxygens (including phenoxy) is 1. The first kappa shape index (κ1) is 15.1. The van der Waals surface area contributed by atoms with Crippen molar-refractivity contribution in [3.63, 3.8) is 0 Å². The number of aryl methyl sites for hydroxylation is 1. The molecule has 0 aliphatic heterocycles. The van der Waals surface area contributed by atoms with Crippen molar-refractivity contribution in [3.05, 3.63) is 41.5 Å². The normalized spacial score (nSPS) is 21.8. The lowest BCUT2D eigenvalue weighted by atomic mass is 9.89. The summed E-state index contributed by atoms with van der Waals surface area (Å²) < 4.78 is 6.25. The molecule has 0 aromatic heterocycles. The van der Waals surface area contributed by atoms with Gasteiger partial charge in [0, 0.05) is 5.56 Å². The van der Waals surface area contributed by atoms with Gasteiger partial charge in [-0.1, -0.05) is 25.1 Å². The zero-order valence-corrected chi connectivity index (χ0v) is 13.7. The number of Topliss-reactive ketones (excluding diaryl/α,β-unsaturated/α-hetero) is 1. The molecule has 116 valence electrons. The Morgan fingerprint density at radius 3 is 2.50 bits per heavy atom. The van der Waals surface area contributed by atoms with E-state index in [1.165, 1.54) is 23.8 Å². The first-order valence-electron chi connectivity index (χ1n) is 8.25. The summed E-state index contributed by atoms with van der Waals surface area (Å²) in [5.41, 5.74) is 1.94. The first-order chi connectivity index (χ1) is 10.5. The minimum atomic E-state index is 0.108. The molecular formula is C20H24O2. The Balaban J connectivity index is 1.87. The van der Waals surface area contributed by atoms with Crippen LogP contribution < -0.4 is 4.74 Å². The Morgan fingerprint density at radius 2 is 1.82 bits per heavy atom. The molecule has 22 heavy (non-hydrogen) atoms. The van der Waals surface area contributed by atoms with Gasteiger partial charge < -0.3 is 4.74 Å². The van der Waals surface area contributed by atoms with Crippen LogP contribution in [-0.2, 0) is 0 Å². The van der Waals surface area contributed by atoms with Crippen LogP contribution >= 0.6 is 0 Å². The van der Waals surface area contributed by atoms with Crippen LogP contribution in [0, 0.1) is 12.8 Å². The van der Waals surface area contributed by atoms with Gasteiger partial charge in [-0.15, -0.1) is 0 Å². The quantitative estimate of drug-likeness (QED) is 0.718. The van der Waals surface area contributed by atoms with Crippen LogP contribution in [-0.4, -0.2) is 11.9 Å². The standard InChI is InChI=1S/C20H24O2/c1-13-4-8-18(9-5-13)22-20-11-7-17-12-16(15(3)21)6-10-19(17)14(20)2/h6-7,10-13,18H,4-5,8-9H2,1-3H3/t13-,18+. The topological polar surface area (TPSA) is 26.3 Å². The maximum Gasteiger partial charge on any atom is 0.159 e. The molecule has 0 spiro atoms. The number of fused-ring (bicyclic) bond motifs is 1. The van der Waals surface area contributed by atoms with E-state index in [9.17, 15) is 4.79 Å². The molecule has 2 aromatic carbocycles. The molecule has 0 amide bonds. The third kappa shape index (κ3) is 3.01. The van der Waals surface area contributed by atoms with E-state index >= 15 is 0 Å². The summed E-state index contributed by atoms with van der Waals surface area (Å²) in [7, 11) is 0. The number of hydrogen-bond acceptors (Lipinski definition) is 2. The van der Waals surface area contributed by atoms with Crippen molar-refractivity contribution in [3.8, 4) is 5.75 Å². The fourth-order valence-electron chi connectivity index (χ4n) is 3.34. The summed E-state index contributed by atoms with van der Waals surface area (Å²) in [6, 6.07) is 10.0. The number of rotatable bonds is 3. The monoisotopic (exact) mass is 296 g/mol. The average Bonchev–Trinajstić information content (AvgIpc) is 2.52. The van der Waals surface area contributed by atoms with Crippen molar-refractivity contribution in [2.45, 2.75) is 52.6 Å². The maximum absolute atomic E-state index is 11.5. The van der Waals surface area contributed by atoms with E-state index in [0.717, 1.165) is 35.5 Å². The van der Waals surface area contributed by atoms with E-state index in [4.69, 9.17) is 4.74 Å². The van der Waals surface area contributed by atoms with Gasteiger partial charge in [0.2, 0.25) is 0 Å². The number of hydrogen-bond donors (Lipinski definition) is 0. The number of ketones is 1. The third-order valence-corrected chi connectivity index (χ3v) is 4.90. The van der Waals surface area contributed by atoms with Crippen molar-refractivity contribution >= 4 is 16.6 Å². The van der Waals surface area contributed by atoms with E-state index in [1.54, 1.807) is 6.92 Å². The summed E-state index contributed by atoms with van der Waals surface area (Å²) in [6.07, 6.45) is 5.19. The Bertz CT molecular complexity index is 694. The molecule has 0 N–H and O–H groups in total. The SMILES string of the molecule is CC(=O)c1ccc2c(C)c(O[C@H]3CC[C@@H](C)CC3)ccc2c1. The van der Waals surface area contributed by atoms with Crippen molar-refractivity contribution in [1.29, 1.82) is 0 Å². The lowest BCUT2D eigenvalue weighted by molar-refractivity contribution is 0.101.